The number of halogens is 1. The Hall–Kier alpha value is -3.34. The largest absolute Gasteiger partial charge is 0.481 e. The van der Waals surface area contributed by atoms with Gasteiger partial charge < -0.3 is 14.9 Å². The maximum absolute atomic E-state index is 15.2. The Balaban J connectivity index is 1.29. The molecule has 1 aromatic carbocycles. The first-order valence-corrected chi connectivity index (χ1v) is 12.3. The van der Waals surface area contributed by atoms with E-state index in [-0.39, 0.29) is 41.0 Å². The van der Waals surface area contributed by atoms with E-state index in [4.69, 9.17) is 0 Å². The molecule has 1 aromatic rings. The SMILES string of the molecule is CN(CC1(CN2CCC(C(=O)O)CC2)CC1)c1cc2c(cc1F)C(=O)N(C1CCC(=O)NC1=O)C2=O. The van der Waals surface area contributed by atoms with Crippen LogP contribution in [0.2, 0.25) is 0 Å². The molecule has 1 unspecified atom stereocenters. The number of carboxylic acid groups (broad SMARTS) is 1. The summed E-state index contributed by atoms with van der Waals surface area (Å²) in [6.45, 7) is 2.81. The Morgan fingerprint density at radius 3 is 2.33 bits per heavy atom. The zero-order valence-corrected chi connectivity index (χ0v) is 20.1. The number of carbonyl (C=O) groups excluding carboxylic acids is 4. The van der Waals surface area contributed by atoms with Crippen molar-refractivity contribution in [2.75, 3.05) is 38.1 Å². The highest BCUT2D eigenvalue weighted by atomic mass is 19.1. The van der Waals surface area contributed by atoms with Crippen molar-refractivity contribution >= 4 is 35.3 Å². The van der Waals surface area contributed by atoms with Crippen LogP contribution in [0.25, 0.3) is 0 Å². The third-order valence-electron chi connectivity index (χ3n) is 7.94. The van der Waals surface area contributed by atoms with Crippen molar-refractivity contribution in [2.24, 2.45) is 11.3 Å². The van der Waals surface area contributed by atoms with Crippen molar-refractivity contribution in [1.82, 2.24) is 15.1 Å². The molecule has 1 atom stereocenters. The fourth-order valence-electron chi connectivity index (χ4n) is 5.72. The van der Waals surface area contributed by atoms with E-state index in [0.29, 0.717) is 19.4 Å². The number of aliphatic carboxylic acids is 1. The van der Waals surface area contributed by atoms with E-state index in [1.54, 1.807) is 11.9 Å². The minimum absolute atomic E-state index is 0.0161. The normalized spacial score (nSPS) is 24.1. The van der Waals surface area contributed by atoms with Gasteiger partial charge in [-0.2, -0.15) is 0 Å². The summed E-state index contributed by atoms with van der Waals surface area (Å²) >= 11 is 0. The summed E-state index contributed by atoms with van der Waals surface area (Å²) in [4.78, 5) is 65.8. The maximum atomic E-state index is 15.2. The van der Waals surface area contributed by atoms with Crippen LogP contribution in [-0.2, 0) is 14.4 Å². The molecule has 4 aliphatic rings. The number of hydrogen-bond acceptors (Lipinski definition) is 7. The fraction of sp³-hybridized carbons (Fsp3) is 0.560. The van der Waals surface area contributed by atoms with Crippen molar-refractivity contribution in [2.45, 2.75) is 44.6 Å². The molecule has 192 valence electrons. The number of hydrogen-bond donors (Lipinski definition) is 2. The zero-order chi connectivity index (χ0) is 25.8. The third kappa shape index (κ3) is 4.36. The standard InChI is InChI=1S/C25H29FN4O6/c1-28(12-25(6-7-25)13-29-8-4-14(5-9-29)24(35)36)19-11-16-15(10-17(19)26)22(33)30(23(16)34)18-2-3-20(31)27-21(18)32/h10-11,14,18H,2-9,12-13H2,1H3,(H,35,36)(H,27,31,32). The number of piperidine rings is 2. The van der Waals surface area contributed by atoms with Crippen LogP contribution in [0.5, 0.6) is 0 Å². The molecule has 2 N–H and O–H groups in total. The number of rotatable bonds is 7. The lowest BCUT2D eigenvalue weighted by Gasteiger charge is -2.35. The number of imide groups is 2. The molecule has 0 aromatic heterocycles. The molecular formula is C25H29FN4O6. The topological polar surface area (TPSA) is 127 Å². The molecule has 3 aliphatic heterocycles. The van der Waals surface area contributed by atoms with Gasteiger partial charge in [0.25, 0.3) is 11.8 Å². The second-order valence-corrected chi connectivity index (χ2v) is 10.5. The predicted molar refractivity (Wildman–Crippen MR) is 125 cm³/mol. The first kappa shape index (κ1) is 24.4. The summed E-state index contributed by atoms with van der Waals surface area (Å²) < 4.78 is 15.2. The molecule has 11 heteroatoms. The van der Waals surface area contributed by atoms with Crippen LogP contribution in [0.1, 0.15) is 59.2 Å². The van der Waals surface area contributed by atoms with Crippen molar-refractivity contribution in [3.05, 3.63) is 29.1 Å². The average Bonchev–Trinajstić information content (AvgIpc) is 3.53. The van der Waals surface area contributed by atoms with Gasteiger partial charge in [-0.3, -0.25) is 34.2 Å². The molecular weight excluding hydrogens is 471 g/mol. The fourth-order valence-corrected chi connectivity index (χ4v) is 5.72. The van der Waals surface area contributed by atoms with Gasteiger partial charge in [0.05, 0.1) is 22.7 Å². The number of fused-ring (bicyclic) bond motifs is 1. The molecule has 5 rings (SSSR count). The van der Waals surface area contributed by atoms with Crippen molar-refractivity contribution in [3.8, 4) is 0 Å². The van der Waals surface area contributed by atoms with Crippen LogP contribution in [0.4, 0.5) is 10.1 Å². The number of carboxylic acids is 1. The number of nitrogens with one attached hydrogen (secondary N) is 1. The van der Waals surface area contributed by atoms with Gasteiger partial charge in [-0.15, -0.1) is 0 Å². The van der Waals surface area contributed by atoms with Gasteiger partial charge in [-0.1, -0.05) is 0 Å². The smallest absolute Gasteiger partial charge is 0.306 e. The van der Waals surface area contributed by atoms with Crippen molar-refractivity contribution in [3.63, 3.8) is 0 Å². The van der Waals surface area contributed by atoms with Gasteiger partial charge in [0, 0.05) is 32.0 Å². The summed E-state index contributed by atoms with van der Waals surface area (Å²) in [6.07, 6.45) is 3.26. The summed E-state index contributed by atoms with van der Waals surface area (Å²) in [5.41, 5.74) is 0.140. The van der Waals surface area contributed by atoms with Gasteiger partial charge in [-0.25, -0.2) is 4.39 Å². The van der Waals surface area contributed by atoms with E-state index < -0.39 is 41.5 Å². The Kier molecular flexibility index (Phi) is 6.06. The molecule has 4 amide bonds. The second-order valence-electron chi connectivity index (χ2n) is 10.5. The highest BCUT2D eigenvalue weighted by molar-refractivity contribution is 6.23. The quantitative estimate of drug-likeness (QED) is 0.536. The summed E-state index contributed by atoms with van der Waals surface area (Å²) in [7, 11) is 1.75. The van der Waals surface area contributed by atoms with Gasteiger partial charge in [0.15, 0.2) is 0 Å². The van der Waals surface area contributed by atoms with E-state index in [1.807, 2.05) is 0 Å². The number of amides is 4. The van der Waals surface area contributed by atoms with Crippen LogP contribution in [0, 0.1) is 17.2 Å². The second kappa shape index (κ2) is 8.95. The molecule has 0 bridgehead atoms. The van der Waals surface area contributed by atoms with E-state index in [9.17, 15) is 29.1 Å². The molecule has 2 saturated heterocycles. The van der Waals surface area contributed by atoms with Crippen molar-refractivity contribution < 1.29 is 33.5 Å². The Bertz CT molecular complexity index is 1160. The number of anilines is 1. The van der Waals surface area contributed by atoms with Gasteiger partial charge in [0.1, 0.15) is 11.9 Å². The van der Waals surface area contributed by atoms with Gasteiger partial charge >= 0.3 is 5.97 Å². The molecule has 3 fully saturated rings. The van der Waals surface area contributed by atoms with Crippen LogP contribution in [0.15, 0.2) is 12.1 Å². The average molecular weight is 501 g/mol. The van der Waals surface area contributed by atoms with Crippen molar-refractivity contribution in [1.29, 1.82) is 0 Å². The lowest BCUT2D eigenvalue weighted by molar-refractivity contribution is -0.143. The molecule has 0 radical (unpaired) electrons. The Labute approximate surface area is 207 Å². The molecule has 10 nitrogen and oxygen atoms in total. The maximum Gasteiger partial charge on any atom is 0.306 e. The summed E-state index contributed by atoms with van der Waals surface area (Å²) in [5.74, 6) is -4.22. The Morgan fingerprint density at radius 1 is 1.11 bits per heavy atom. The lowest BCUT2D eigenvalue weighted by atomic mass is 9.95. The number of carbonyl (C=O) groups is 5. The lowest BCUT2D eigenvalue weighted by Crippen LogP contribution is -2.54. The van der Waals surface area contributed by atoms with Crippen LogP contribution < -0.4 is 10.2 Å². The molecule has 0 spiro atoms. The molecule has 1 aliphatic carbocycles. The highest BCUT2D eigenvalue weighted by Gasteiger charge is 2.47. The monoisotopic (exact) mass is 500 g/mol. The van der Waals surface area contributed by atoms with Gasteiger partial charge in [0.2, 0.25) is 11.8 Å². The third-order valence-corrected chi connectivity index (χ3v) is 7.94. The molecule has 1 saturated carbocycles. The molecule has 36 heavy (non-hydrogen) atoms. The van der Waals surface area contributed by atoms with E-state index >= 15 is 4.39 Å². The highest BCUT2D eigenvalue weighted by Crippen LogP contribution is 2.48. The predicted octanol–water partition coefficient (Wildman–Crippen LogP) is 1.24. The first-order chi connectivity index (χ1) is 17.1. The number of likely N-dealkylation sites (tertiary alicyclic amines) is 1. The summed E-state index contributed by atoms with van der Waals surface area (Å²) in [5, 5.41) is 11.4. The van der Waals surface area contributed by atoms with E-state index in [1.165, 1.54) is 6.07 Å². The summed E-state index contributed by atoms with van der Waals surface area (Å²) in [6, 6.07) is 1.34. The number of benzene rings is 1. The van der Waals surface area contributed by atoms with E-state index in [2.05, 4.69) is 10.2 Å². The van der Waals surface area contributed by atoms with E-state index in [0.717, 1.165) is 43.4 Å². The first-order valence-electron chi connectivity index (χ1n) is 12.3. The van der Waals surface area contributed by atoms with Crippen LogP contribution >= 0.6 is 0 Å². The molecule has 3 heterocycles. The van der Waals surface area contributed by atoms with Crippen LogP contribution in [0.3, 0.4) is 0 Å². The number of nitrogens with zero attached hydrogens (tertiary/aromatic N) is 3. The zero-order valence-electron chi connectivity index (χ0n) is 20.1. The minimum atomic E-state index is -1.10. The van der Waals surface area contributed by atoms with Crippen LogP contribution in [-0.4, -0.2) is 83.8 Å². The Morgan fingerprint density at radius 2 is 1.75 bits per heavy atom. The van der Waals surface area contributed by atoms with Gasteiger partial charge in [-0.05, 0) is 57.3 Å². The minimum Gasteiger partial charge on any atom is -0.481 e.